The summed E-state index contributed by atoms with van der Waals surface area (Å²) in [6.45, 7) is 8.11. The summed E-state index contributed by atoms with van der Waals surface area (Å²) in [6.07, 6.45) is 1.52. The second-order valence-electron chi connectivity index (χ2n) is 7.98. The third-order valence-electron chi connectivity index (χ3n) is 5.96. The summed E-state index contributed by atoms with van der Waals surface area (Å²) in [7, 11) is 0. The molecule has 6 nitrogen and oxygen atoms in total. The van der Waals surface area contributed by atoms with E-state index in [1.807, 2.05) is 31.2 Å². The van der Waals surface area contributed by atoms with Crippen molar-refractivity contribution in [2.24, 2.45) is 0 Å². The van der Waals surface area contributed by atoms with Gasteiger partial charge in [0, 0.05) is 23.5 Å². The van der Waals surface area contributed by atoms with Crippen LogP contribution in [0.3, 0.4) is 0 Å². The maximum Gasteiger partial charge on any atom is 0.289 e. The molecule has 0 atom stereocenters. The second kappa shape index (κ2) is 8.71. The van der Waals surface area contributed by atoms with Gasteiger partial charge in [0.1, 0.15) is 6.54 Å². The largest absolute Gasteiger partial charge is 0.459 e. The van der Waals surface area contributed by atoms with Crippen molar-refractivity contribution < 1.29 is 18.9 Å². The number of hydrogen-bond donors (Lipinski definition) is 1. The Kier molecular flexibility index (Phi) is 5.86. The molecule has 1 aliphatic heterocycles. The zero-order valence-corrected chi connectivity index (χ0v) is 17.6. The molecule has 2 aromatic heterocycles. The lowest BCUT2D eigenvalue weighted by molar-refractivity contribution is -0.895. The number of hydrogen-bond acceptors (Lipinski definition) is 3. The maximum absolute atomic E-state index is 13.0. The first-order valence-corrected chi connectivity index (χ1v) is 10.4. The van der Waals surface area contributed by atoms with Gasteiger partial charge in [-0.15, -0.1) is 0 Å². The number of quaternary nitrogens is 1. The topological polar surface area (TPSA) is 59.9 Å². The fourth-order valence-electron chi connectivity index (χ4n) is 4.17. The highest BCUT2D eigenvalue weighted by molar-refractivity contribution is 5.98. The molecule has 1 saturated heterocycles. The van der Waals surface area contributed by atoms with Gasteiger partial charge in [-0.3, -0.25) is 9.59 Å². The van der Waals surface area contributed by atoms with Gasteiger partial charge >= 0.3 is 0 Å². The Labute approximate surface area is 176 Å². The van der Waals surface area contributed by atoms with E-state index >= 15 is 0 Å². The minimum absolute atomic E-state index is 0.0742. The highest BCUT2D eigenvalue weighted by Gasteiger charge is 2.28. The van der Waals surface area contributed by atoms with E-state index in [-0.39, 0.29) is 11.7 Å². The Bertz CT molecular complexity index is 1010. The first-order chi connectivity index (χ1) is 14.5. The number of amides is 1. The van der Waals surface area contributed by atoms with E-state index in [1.54, 1.807) is 17.0 Å². The molecule has 156 valence electrons. The number of nitrogens with one attached hydrogen (secondary N) is 1. The third-order valence-corrected chi connectivity index (χ3v) is 5.96. The number of Topliss-reactive ketones (excluding diaryl/α,β-unsaturated/α-hetero) is 1. The predicted octanol–water partition coefficient (Wildman–Crippen LogP) is 1.97. The van der Waals surface area contributed by atoms with Crippen LogP contribution in [-0.2, 0) is 6.54 Å². The molecule has 1 amide bonds. The molecule has 0 bridgehead atoms. The van der Waals surface area contributed by atoms with E-state index in [2.05, 4.69) is 23.6 Å². The Morgan fingerprint density at radius 2 is 1.77 bits per heavy atom. The molecule has 4 rings (SSSR count). The van der Waals surface area contributed by atoms with Gasteiger partial charge in [-0.1, -0.05) is 30.3 Å². The number of benzene rings is 1. The Morgan fingerprint density at radius 3 is 2.43 bits per heavy atom. The summed E-state index contributed by atoms with van der Waals surface area (Å²) in [5.41, 5.74) is 4.15. The number of aryl methyl sites for hydroxylation is 1. The number of ketones is 1. The van der Waals surface area contributed by atoms with Crippen molar-refractivity contribution in [1.82, 2.24) is 9.47 Å². The highest BCUT2D eigenvalue weighted by atomic mass is 16.3. The summed E-state index contributed by atoms with van der Waals surface area (Å²) in [5, 5.41) is 0. The van der Waals surface area contributed by atoms with E-state index in [0.29, 0.717) is 25.4 Å². The molecule has 3 aromatic rings. The lowest BCUT2D eigenvalue weighted by atomic mass is 10.1. The zero-order chi connectivity index (χ0) is 21.1. The molecule has 0 saturated carbocycles. The number of furan rings is 1. The van der Waals surface area contributed by atoms with Gasteiger partial charge in [-0.05, 0) is 37.6 Å². The molecule has 6 heteroatoms. The fourth-order valence-corrected chi connectivity index (χ4v) is 4.17. The van der Waals surface area contributed by atoms with Crippen LogP contribution >= 0.6 is 0 Å². The SMILES string of the molecule is Cc1cc(C(=O)C[NH+]2CCN(C(=O)c3ccco3)CC2)c(C)n1Cc1ccccc1. The van der Waals surface area contributed by atoms with Gasteiger partial charge in [0.15, 0.2) is 5.76 Å². The Morgan fingerprint density at radius 1 is 1.03 bits per heavy atom. The van der Waals surface area contributed by atoms with Crippen molar-refractivity contribution in [2.75, 3.05) is 32.7 Å². The summed E-state index contributed by atoms with van der Waals surface area (Å²) in [4.78, 5) is 28.4. The standard InChI is InChI=1S/C24H27N3O3/c1-18-15-21(19(2)27(18)16-20-7-4-3-5-8-20)22(28)17-25-10-12-26(13-11-25)24(29)23-9-6-14-30-23/h3-9,14-15H,10-13,16-17H2,1-2H3/p+1. The molecule has 1 N–H and O–H groups in total. The molecule has 3 heterocycles. The van der Waals surface area contributed by atoms with Crippen LogP contribution in [0.2, 0.25) is 0 Å². The van der Waals surface area contributed by atoms with Crippen LogP contribution in [0.4, 0.5) is 0 Å². The van der Waals surface area contributed by atoms with Crippen molar-refractivity contribution in [2.45, 2.75) is 20.4 Å². The molecule has 1 aliphatic rings. The summed E-state index contributed by atoms with van der Waals surface area (Å²) >= 11 is 0. The monoisotopic (exact) mass is 406 g/mol. The van der Waals surface area contributed by atoms with Gasteiger partial charge in [-0.25, -0.2) is 0 Å². The van der Waals surface area contributed by atoms with Crippen LogP contribution in [-0.4, -0.2) is 53.9 Å². The van der Waals surface area contributed by atoms with Gasteiger partial charge in [0.25, 0.3) is 5.91 Å². The first kappa shape index (κ1) is 20.2. The molecule has 30 heavy (non-hydrogen) atoms. The number of carbonyl (C=O) groups excluding carboxylic acids is 2. The van der Waals surface area contributed by atoms with Crippen molar-refractivity contribution in [3.63, 3.8) is 0 Å². The van der Waals surface area contributed by atoms with Crippen LogP contribution in [0, 0.1) is 13.8 Å². The molecule has 0 radical (unpaired) electrons. The quantitative estimate of drug-likeness (QED) is 0.637. The minimum atomic E-state index is -0.0742. The van der Waals surface area contributed by atoms with Crippen molar-refractivity contribution >= 4 is 11.7 Å². The average molecular weight is 407 g/mol. The van der Waals surface area contributed by atoms with Crippen molar-refractivity contribution in [3.05, 3.63) is 83.1 Å². The summed E-state index contributed by atoms with van der Waals surface area (Å²) in [5.74, 6) is 0.471. The maximum atomic E-state index is 13.0. The number of piperazine rings is 1. The van der Waals surface area contributed by atoms with E-state index < -0.39 is 0 Å². The van der Waals surface area contributed by atoms with E-state index in [9.17, 15) is 9.59 Å². The molecule has 1 fully saturated rings. The number of aromatic nitrogens is 1. The van der Waals surface area contributed by atoms with Crippen LogP contribution in [0.25, 0.3) is 0 Å². The zero-order valence-electron chi connectivity index (χ0n) is 17.6. The average Bonchev–Trinajstić information content (AvgIpc) is 3.39. The van der Waals surface area contributed by atoms with Crippen LogP contribution in [0.1, 0.15) is 37.9 Å². The van der Waals surface area contributed by atoms with Crippen molar-refractivity contribution in [1.29, 1.82) is 0 Å². The molecule has 1 aromatic carbocycles. The summed E-state index contributed by atoms with van der Waals surface area (Å²) in [6, 6.07) is 15.7. The van der Waals surface area contributed by atoms with Gasteiger partial charge in [-0.2, -0.15) is 0 Å². The van der Waals surface area contributed by atoms with E-state index in [1.165, 1.54) is 16.7 Å². The molecular formula is C24H28N3O3+. The fraction of sp³-hybridized carbons (Fsp3) is 0.333. The third kappa shape index (κ3) is 4.24. The number of nitrogens with zero attached hydrogens (tertiary/aromatic N) is 2. The molecule has 0 unspecified atom stereocenters. The van der Waals surface area contributed by atoms with Crippen LogP contribution in [0.5, 0.6) is 0 Å². The van der Waals surface area contributed by atoms with E-state index in [0.717, 1.165) is 36.6 Å². The lowest BCUT2D eigenvalue weighted by Gasteiger charge is -2.31. The number of carbonyl (C=O) groups is 2. The second-order valence-corrected chi connectivity index (χ2v) is 7.98. The van der Waals surface area contributed by atoms with Crippen molar-refractivity contribution in [3.8, 4) is 0 Å². The Balaban J connectivity index is 1.37. The summed E-state index contributed by atoms with van der Waals surface area (Å²) < 4.78 is 7.42. The molecular weight excluding hydrogens is 378 g/mol. The number of rotatable bonds is 6. The predicted molar refractivity (Wildman–Crippen MR) is 114 cm³/mol. The van der Waals surface area contributed by atoms with E-state index in [4.69, 9.17) is 4.42 Å². The smallest absolute Gasteiger partial charge is 0.289 e. The normalized spacial score (nSPS) is 14.8. The van der Waals surface area contributed by atoms with Gasteiger partial charge in [0.05, 0.1) is 32.4 Å². The first-order valence-electron chi connectivity index (χ1n) is 10.4. The minimum Gasteiger partial charge on any atom is -0.459 e. The lowest BCUT2D eigenvalue weighted by Crippen LogP contribution is -3.15. The highest BCUT2D eigenvalue weighted by Crippen LogP contribution is 2.17. The Hall–Kier alpha value is -3.12. The van der Waals surface area contributed by atoms with Crippen LogP contribution < -0.4 is 4.90 Å². The van der Waals surface area contributed by atoms with Gasteiger partial charge in [0.2, 0.25) is 5.78 Å². The van der Waals surface area contributed by atoms with Crippen LogP contribution in [0.15, 0.2) is 59.2 Å². The van der Waals surface area contributed by atoms with Gasteiger partial charge < -0.3 is 18.8 Å². The molecule has 0 aliphatic carbocycles. The molecule has 0 spiro atoms.